The highest BCUT2D eigenvalue weighted by molar-refractivity contribution is 9.10. The molecule has 0 atom stereocenters. The zero-order valence-corrected chi connectivity index (χ0v) is 19.2. The average molecular weight is 495 g/mol. The number of hydrogen-bond acceptors (Lipinski definition) is 6. The van der Waals surface area contributed by atoms with Crippen molar-refractivity contribution in [1.29, 1.82) is 0 Å². The van der Waals surface area contributed by atoms with Crippen molar-refractivity contribution in [3.63, 3.8) is 0 Å². The number of nitrogens with zero attached hydrogens (tertiary/aromatic N) is 2. The van der Waals surface area contributed by atoms with Crippen LogP contribution in [0.1, 0.15) is 11.1 Å². The molecule has 1 saturated heterocycles. The molecule has 0 unspecified atom stereocenters. The first-order valence-electron chi connectivity index (χ1n) is 9.69. The Bertz CT molecular complexity index is 872. The maximum atomic E-state index is 9.10. The van der Waals surface area contributed by atoms with Crippen LogP contribution in [0.25, 0.3) is 0 Å². The van der Waals surface area contributed by atoms with E-state index in [1.165, 1.54) is 11.1 Å². The third-order valence-electron chi connectivity index (χ3n) is 4.87. The monoisotopic (exact) mass is 494 g/mol. The first-order chi connectivity index (χ1) is 14.8. The molecule has 9 heteroatoms. The van der Waals surface area contributed by atoms with Crippen LogP contribution in [0.4, 0.5) is 0 Å². The number of carboxylic acid groups (broad SMARTS) is 2. The second-order valence-corrected chi connectivity index (χ2v) is 7.85. The molecule has 0 spiro atoms. The van der Waals surface area contributed by atoms with Crippen molar-refractivity contribution in [2.75, 3.05) is 40.4 Å². The van der Waals surface area contributed by atoms with Crippen LogP contribution in [0.5, 0.6) is 11.5 Å². The van der Waals surface area contributed by atoms with Gasteiger partial charge in [0.25, 0.3) is 0 Å². The van der Waals surface area contributed by atoms with Crippen LogP contribution >= 0.6 is 15.9 Å². The lowest BCUT2D eigenvalue weighted by Crippen LogP contribution is -2.45. The first kappa shape index (κ1) is 24.6. The Labute approximate surface area is 190 Å². The van der Waals surface area contributed by atoms with Gasteiger partial charge in [0.1, 0.15) is 11.5 Å². The standard InChI is InChI=1S/C20H25BrN2O2.C2H2O4/c1-24-19-6-4-3-5-16(19)14-22-9-11-23(12-10-22)15-17-13-18(21)7-8-20(17)25-2;3-1(4)2(5)6/h3-8,13H,9-12,14-15H2,1-2H3;(H,3,4)(H,5,6). The lowest BCUT2D eigenvalue weighted by molar-refractivity contribution is -0.159. The number of benzene rings is 2. The zero-order valence-electron chi connectivity index (χ0n) is 17.6. The summed E-state index contributed by atoms with van der Waals surface area (Å²) in [5, 5.41) is 14.8. The number of piperazine rings is 1. The highest BCUT2D eigenvalue weighted by Crippen LogP contribution is 2.25. The zero-order chi connectivity index (χ0) is 22.8. The summed E-state index contributed by atoms with van der Waals surface area (Å²) < 4.78 is 12.1. The van der Waals surface area contributed by atoms with Gasteiger partial charge in [-0.15, -0.1) is 0 Å². The molecule has 0 radical (unpaired) electrons. The largest absolute Gasteiger partial charge is 0.496 e. The van der Waals surface area contributed by atoms with E-state index < -0.39 is 11.9 Å². The van der Waals surface area contributed by atoms with Crippen LogP contribution in [-0.2, 0) is 22.7 Å². The fourth-order valence-electron chi connectivity index (χ4n) is 3.29. The van der Waals surface area contributed by atoms with Crippen LogP contribution in [0.2, 0.25) is 0 Å². The maximum Gasteiger partial charge on any atom is 0.414 e. The Hall–Kier alpha value is -2.62. The van der Waals surface area contributed by atoms with Gasteiger partial charge < -0.3 is 19.7 Å². The molecule has 1 fully saturated rings. The van der Waals surface area contributed by atoms with Crippen molar-refractivity contribution < 1.29 is 29.3 Å². The fourth-order valence-corrected chi connectivity index (χ4v) is 3.70. The summed E-state index contributed by atoms with van der Waals surface area (Å²) in [6.07, 6.45) is 0. The summed E-state index contributed by atoms with van der Waals surface area (Å²) in [7, 11) is 3.47. The molecule has 0 aromatic heterocycles. The minimum Gasteiger partial charge on any atom is -0.496 e. The Morgan fingerprint density at radius 2 is 1.32 bits per heavy atom. The summed E-state index contributed by atoms with van der Waals surface area (Å²) in [6.45, 7) is 6.11. The van der Waals surface area contributed by atoms with Crippen molar-refractivity contribution in [2.45, 2.75) is 13.1 Å². The molecule has 1 heterocycles. The van der Waals surface area contributed by atoms with Crippen molar-refractivity contribution in [1.82, 2.24) is 9.80 Å². The number of para-hydroxylation sites is 1. The van der Waals surface area contributed by atoms with Crippen LogP contribution in [-0.4, -0.2) is 72.4 Å². The number of halogens is 1. The van der Waals surface area contributed by atoms with E-state index >= 15 is 0 Å². The van der Waals surface area contributed by atoms with Gasteiger partial charge in [-0.05, 0) is 24.3 Å². The Morgan fingerprint density at radius 3 is 1.84 bits per heavy atom. The number of ether oxygens (including phenoxy) is 2. The molecule has 3 rings (SSSR count). The predicted octanol–water partition coefficient (Wildman–Crippen LogP) is 2.94. The van der Waals surface area contributed by atoms with Crippen LogP contribution in [0.15, 0.2) is 46.9 Å². The van der Waals surface area contributed by atoms with Gasteiger partial charge in [-0.3, -0.25) is 9.80 Å². The Balaban J connectivity index is 0.000000501. The molecular formula is C22H27BrN2O6. The molecule has 0 amide bonds. The van der Waals surface area contributed by atoms with Crippen molar-refractivity contribution in [2.24, 2.45) is 0 Å². The lowest BCUT2D eigenvalue weighted by Gasteiger charge is -2.35. The lowest BCUT2D eigenvalue weighted by atomic mass is 10.1. The molecule has 1 aliphatic heterocycles. The molecule has 2 aromatic rings. The summed E-state index contributed by atoms with van der Waals surface area (Å²) in [5.74, 6) is -1.71. The highest BCUT2D eigenvalue weighted by atomic mass is 79.9. The van der Waals surface area contributed by atoms with Gasteiger partial charge >= 0.3 is 11.9 Å². The van der Waals surface area contributed by atoms with Gasteiger partial charge in [0.15, 0.2) is 0 Å². The molecule has 1 aliphatic rings. The smallest absolute Gasteiger partial charge is 0.414 e. The molecule has 168 valence electrons. The van der Waals surface area contributed by atoms with Gasteiger partial charge in [-0.1, -0.05) is 34.1 Å². The van der Waals surface area contributed by atoms with Gasteiger partial charge in [0, 0.05) is 54.9 Å². The van der Waals surface area contributed by atoms with E-state index in [4.69, 9.17) is 29.3 Å². The molecule has 8 nitrogen and oxygen atoms in total. The SMILES string of the molecule is COc1ccccc1CN1CCN(Cc2cc(Br)ccc2OC)CC1.O=C(O)C(=O)O. The number of hydrogen-bond donors (Lipinski definition) is 2. The molecule has 0 aliphatic carbocycles. The fraction of sp³-hybridized carbons (Fsp3) is 0.364. The number of methoxy groups -OCH3 is 2. The average Bonchev–Trinajstić information content (AvgIpc) is 2.76. The minimum absolute atomic E-state index is 0.922. The second kappa shape index (κ2) is 12.3. The van der Waals surface area contributed by atoms with Crippen molar-refractivity contribution >= 4 is 27.9 Å². The molecule has 31 heavy (non-hydrogen) atoms. The van der Waals surface area contributed by atoms with Gasteiger partial charge in [0.05, 0.1) is 14.2 Å². The maximum absolute atomic E-state index is 9.10. The van der Waals surface area contributed by atoms with Gasteiger partial charge in [-0.25, -0.2) is 9.59 Å². The summed E-state index contributed by atoms with van der Waals surface area (Å²) >= 11 is 3.56. The van der Waals surface area contributed by atoms with E-state index in [2.05, 4.69) is 43.9 Å². The molecule has 2 N–H and O–H groups in total. The minimum atomic E-state index is -1.82. The number of carboxylic acids is 2. The van der Waals surface area contributed by atoms with Crippen LogP contribution in [0.3, 0.4) is 0 Å². The van der Waals surface area contributed by atoms with Crippen LogP contribution < -0.4 is 9.47 Å². The van der Waals surface area contributed by atoms with E-state index in [-0.39, 0.29) is 0 Å². The van der Waals surface area contributed by atoms with E-state index in [1.807, 2.05) is 24.3 Å². The normalized spacial score (nSPS) is 14.3. The summed E-state index contributed by atoms with van der Waals surface area (Å²) in [4.78, 5) is 23.2. The second-order valence-electron chi connectivity index (χ2n) is 6.93. The van der Waals surface area contributed by atoms with E-state index in [1.54, 1.807) is 14.2 Å². The quantitative estimate of drug-likeness (QED) is 0.591. The predicted molar refractivity (Wildman–Crippen MR) is 120 cm³/mol. The Kier molecular flexibility index (Phi) is 9.77. The molecule has 2 aromatic carbocycles. The number of rotatable bonds is 6. The molecular weight excluding hydrogens is 468 g/mol. The third-order valence-corrected chi connectivity index (χ3v) is 5.36. The topological polar surface area (TPSA) is 99.5 Å². The van der Waals surface area contributed by atoms with E-state index in [0.717, 1.165) is 55.2 Å². The number of carbonyl (C=O) groups is 2. The van der Waals surface area contributed by atoms with Gasteiger partial charge in [0.2, 0.25) is 0 Å². The first-order valence-corrected chi connectivity index (χ1v) is 10.5. The Morgan fingerprint density at radius 1 is 0.839 bits per heavy atom. The van der Waals surface area contributed by atoms with Gasteiger partial charge in [-0.2, -0.15) is 0 Å². The number of aliphatic carboxylic acids is 2. The third kappa shape index (κ3) is 7.86. The summed E-state index contributed by atoms with van der Waals surface area (Å²) in [5.41, 5.74) is 2.49. The highest BCUT2D eigenvalue weighted by Gasteiger charge is 2.19. The van der Waals surface area contributed by atoms with Crippen molar-refractivity contribution in [3.05, 3.63) is 58.1 Å². The van der Waals surface area contributed by atoms with Crippen molar-refractivity contribution in [3.8, 4) is 11.5 Å². The molecule has 0 saturated carbocycles. The van der Waals surface area contributed by atoms with Crippen LogP contribution in [0, 0.1) is 0 Å². The summed E-state index contributed by atoms with van der Waals surface area (Å²) in [6, 6.07) is 14.5. The van der Waals surface area contributed by atoms with E-state index in [9.17, 15) is 0 Å². The van der Waals surface area contributed by atoms with E-state index in [0.29, 0.717) is 0 Å². The molecule has 0 bridgehead atoms.